The van der Waals surface area contributed by atoms with E-state index >= 15 is 0 Å². The van der Waals surface area contributed by atoms with Crippen molar-refractivity contribution >= 4 is 46.4 Å². The lowest BCUT2D eigenvalue weighted by atomic mass is 10.2. The highest BCUT2D eigenvalue weighted by molar-refractivity contribution is 6.36. The molecule has 2 aromatic rings. The van der Waals surface area contributed by atoms with Crippen LogP contribution < -0.4 is 5.32 Å². The van der Waals surface area contributed by atoms with Gasteiger partial charge in [0.25, 0.3) is 5.91 Å². The maximum atomic E-state index is 12.0. The molecule has 2 aromatic carbocycles. The molecule has 0 atom stereocenters. The number of phenols is 1. The van der Waals surface area contributed by atoms with Gasteiger partial charge < -0.3 is 10.4 Å². The Morgan fingerprint density at radius 1 is 1.00 bits per heavy atom. The highest BCUT2D eigenvalue weighted by atomic mass is 35.5. The summed E-state index contributed by atoms with van der Waals surface area (Å²) >= 11 is 17.5. The number of benzene rings is 2. The number of anilines is 1. The fraction of sp³-hybridized carbons (Fsp3) is 0. The molecule has 19 heavy (non-hydrogen) atoms. The summed E-state index contributed by atoms with van der Waals surface area (Å²) in [5.74, 6) is -0.463. The highest BCUT2D eigenvalue weighted by Gasteiger charge is 2.12. The third-order valence-corrected chi connectivity index (χ3v) is 3.25. The molecule has 6 heteroatoms. The van der Waals surface area contributed by atoms with Crippen molar-refractivity contribution in [1.29, 1.82) is 0 Å². The number of hydrogen-bond acceptors (Lipinski definition) is 2. The molecular weight excluding hydrogens is 309 g/mol. The van der Waals surface area contributed by atoms with E-state index < -0.39 is 5.91 Å². The van der Waals surface area contributed by atoms with Crippen molar-refractivity contribution in [1.82, 2.24) is 0 Å². The summed E-state index contributed by atoms with van der Waals surface area (Å²) < 4.78 is 0. The Balaban J connectivity index is 2.25. The van der Waals surface area contributed by atoms with E-state index in [1.54, 1.807) is 12.1 Å². The van der Waals surface area contributed by atoms with Crippen LogP contribution in [0.25, 0.3) is 0 Å². The van der Waals surface area contributed by atoms with Gasteiger partial charge >= 0.3 is 0 Å². The first-order valence-electron chi connectivity index (χ1n) is 5.22. The molecule has 98 valence electrons. The van der Waals surface area contributed by atoms with Crippen LogP contribution in [0.2, 0.25) is 15.1 Å². The Kier molecular flexibility index (Phi) is 4.20. The van der Waals surface area contributed by atoms with E-state index in [2.05, 4.69) is 5.32 Å². The minimum Gasteiger partial charge on any atom is -0.506 e. The first-order chi connectivity index (χ1) is 8.97. The smallest absolute Gasteiger partial charge is 0.257 e. The second kappa shape index (κ2) is 5.70. The minimum atomic E-state index is -0.408. The lowest BCUT2D eigenvalue weighted by Gasteiger charge is -2.08. The summed E-state index contributed by atoms with van der Waals surface area (Å²) in [7, 11) is 0. The van der Waals surface area contributed by atoms with Gasteiger partial charge in [-0.1, -0.05) is 34.8 Å². The summed E-state index contributed by atoms with van der Waals surface area (Å²) in [6.45, 7) is 0. The van der Waals surface area contributed by atoms with Gasteiger partial charge in [-0.05, 0) is 36.4 Å². The van der Waals surface area contributed by atoms with E-state index in [0.717, 1.165) is 0 Å². The van der Waals surface area contributed by atoms with Crippen molar-refractivity contribution < 1.29 is 9.90 Å². The standard InChI is InChI=1S/C13H8Cl3NO2/c14-7-1-3-10(15)9(5-7)13(19)17-8-2-4-12(18)11(16)6-8/h1-6,18H,(H,17,19). The summed E-state index contributed by atoms with van der Waals surface area (Å²) in [6.07, 6.45) is 0. The quantitative estimate of drug-likeness (QED) is 0.795. The molecule has 3 nitrogen and oxygen atoms in total. The van der Waals surface area contributed by atoms with Crippen molar-refractivity contribution in [3.8, 4) is 5.75 Å². The Hall–Kier alpha value is -1.42. The monoisotopic (exact) mass is 315 g/mol. The van der Waals surface area contributed by atoms with Gasteiger partial charge in [0.05, 0.1) is 15.6 Å². The number of phenolic OH excluding ortho intramolecular Hbond substituents is 1. The molecule has 2 rings (SSSR count). The van der Waals surface area contributed by atoms with E-state index in [9.17, 15) is 9.90 Å². The van der Waals surface area contributed by atoms with Crippen molar-refractivity contribution in [2.75, 3.05) is 5.32 Å². The number of aromatic hydroxyl groups is 1. The maximum Gasteiger partial charge on any atom is 0.257 e. The molecule has 0 unspecified atom stereocenters. The molecule has 0 aliphatic heterocycles. The molecule has 0 aliphatic carbocycles. The third-order valence-electron chi connectivity index (χ3n) is 2.38. The van der Waals surface area contributed by atoms with E-state index in [0.29, 0.717) is 15.7 Å². The van der Waals surface area contributed by atoms with Crippen molar-refractivity contribution in [2.24, 2.45) is 0 Å². The van der Waals surface area contributed by atoms with Gasteiger partial charge in [-0.2, -0.15) is 0 Å². The number of nitrogens with one attached hydrogen (secondary N) is 1. The average Bonchev–Trinajstić information content (AvgIpc) is 2.36. The van der Waals surface area contributed by atoms with E-state index in [4.69, 9.17) is 34.8 Å². The molecule has 0 saturated heterocycles. The normalized spacial score (nSPS) is 10.3. The molecule has 0 bridgehead atoms. The zero-order valence-electron chi connectivity index (χ0n) is 9.45. The number of amides is 1. The largest absolute Gasteiger partial charge is 0.506 e. The van der Waals surface area contributed by atoms with Crippen LogP contribution in [0, 0.1) is 0 Å². The lowest BCUT2D eigenvalue weighted by Crippen LogP contribution is -2.12. The Labute approximate surface area is 124 Å². The zero-order chi connectivity index (χ0) is 14.0. The SMILES string of the molecule is O=C(Nc1ccc(O)c(Cl)c1)c1cc(Cl)ccc1Cl. The number of carbonyl (C=O) groups excluding carboxylic acids is 1. The molecule has 2 N–H and O–H groups in total. The fourth-order valence-corrected chi connectivity index (χ4v) is 2.01. The first-order valence-corrected chi connectivity index (χ1v) is 6.35. The molecular formula is C13H8Cl3NO2. The first kappa shape index (κ1) is 14.0. The zero-order valence-corrected chi connectivity index (χ0v) is 11.7. The van der Waals surface area contributed by atoms with Crippen LogP contribution in [0.1, 0.15) is 10.4 Å². The molecule has 0 radical (unpaired) electrons. The van der Waals surface area contributed by atoms with Gasteiger partial charge in [-0.15, -0.1) is 0 Å². The number of hydrogen-bond donors (Lipinski definition) is 2. The van der Waals surface area contributed by atoms with Gasteiger partial charge in [0.2, 0.25) is 0 Å². The minimum absolute atomic E-state index is 0.0551. The Morgan fingerprint density at radius 2 is 1.74 bits per heavy atom. The van der Waals surface area contributed by atoms with E-state index in [1.165, 1.54) is 24.3 Å². The lowest BCUT2D eigenvalue weighted by molar-refractivity contribution is 0.102. The van der Waals surface area contributed by atoms with Crippen LogP contribution in [-0.2, 0) is 0 Å². The van der Waals surface area contributed by atoms with Crippen molar-refractivity contribution in [2.45, 2.75) is 0 Å². The average molecular weight is 317 g/mol. The molecule has 0 fully saturated rings. The second-order valence-electron chi connectivity index (χ2n) is 3.74. The summed E-state index contributed by atoms with van der Waals surface area (Å²) in [6, 6.07) is 8.96. The Bertz CT molecular complexity index is 644. The van der Waals surface area contributed by atoms with Gasteiger partial charge in [-0.25, -0.2) is 0 Å². The number of carbonyl (C=O) groups is 1. The molecule has 1 amide bonds. The molecule has 0 aliphatic rings. The van der Waals surface area contributed by atoms with Gasteiger partial charge in [0.15, 0.2) is 0 Å². The maximum absolute atomic E-state index is 12.0. The predicted molar refractivity (Wildman–Crippen MR) is 77.5 cm³/mol. The van der Waals surface area contributed by atoms with Gasteiger partial charge in [0.1, 0.15) is 5.75 Å². The van der Waals surface area contributed by atoms with Crippen LogP contribution >= 0.6 is 34.8 Å². The topological polar surface area (TPSA) is 49.3 Å². The summed E-state index contributed by atoms with van der Waals surface area (Å²) in [5.41, 5.74) is 0.710. The van der Waals surface area contributed by atoms with E-state index in [-0.39, 0.29) is 16.3 Å². The van der Waals surface area contributed by atoms with E-state index in [1.807, 2.05) is 0 Å². The van der Waals surface area contributed by atoms with Crippen LogP contribution in [-0.4, -0.2) is 11.0 Å². The summed E-state index contributed by atoms with van der Waals surface area (Å²) in [4.78, 5) is 12.0. The van der Waals surface area contributed by atoms with Crippen molar-refractivity contribution in [3.63, 3.8) is 0 Å². The highest BCUT2D eigenvalue weighted by Crippen LogP contribution is 2.27. The fourth-order valence-electron chi connectivity index (χ4n) is 1.45. The van der Waals surface area contributed by atoms with Crippen LogP contribution in [0.4, 0.5) is 5.69 Å². The second-order valence-corrected chi connectivity index (χ2v) is 5.00. The molecule has 0 spiro atoms. The third kappa shape index (κ3) is 3.32. The Morgan fingerprint density at radius 3 is 2.42 bits per heavy atom. The molecule has 0 aromatic heterocycles. The summed E-state index contributed by atoms with van der Waals surface area (Å²) in [5, 5.41) is 12.8. The van der Waals surface area contributed by atoms with Gasteiger partial charge in [-0.3, -0.25) is 4.79 Å². The predicted octanol–water partition coefficient (Wildman–Crippen LogP) is 4.60. The van der Waals surface area contributed by atoms with Crippen LogP contribution in [0.15, 0.2) is 36.4 Å². The van der Waals surface area contributed by atoms with Crippen LogP contribution in [0.5, 0.6) is 5.75 Å². The number of rotatable bonds is 2. The molecule has 0 heterocycles. The van der Waals surface area contributed by atoms with Gasteiger partial charge in [0, 0.05) is 10.7 Å². The van der Waals surface area contributed by atoms with Crippen molar-refractivity contribution in [3.05, 3.63) is 57.0 Å². The number of halogens is 3. The molecule has 0 saturated carbocycles. The van der Waals surface area contributed by atoms with Crippen LogP contribution in [0.3, 0.4) is 0 Å².